The van der Waals surface area contributed by atoms with Gasteiger partial charge in [0.1, 0.15) is 5.82 Å². The molecular formula is C18H15FN2O. The summed E-state index contributed by atoms with van der Waals surface area (Å²) in [5.41, 5.74) is 1.13. The van der Waals surface area contributed by atoms with E-state index in [1.165, 1.54) is 12.1 Å². The number of nitrogens with one attached hydrogen (secondary N) is 1. The average Bonchev–Trinajstić information content (AvgIpc) is 2.46. The molecule has 0 heterocycles. The Balaban J connectivity index is 1.87. The molecule has 22 heavy (non-hydrogen) atoms. The van der Waals surface area contributed by atoms with Gasteiger partial charge in [-0.05, 0) is 48.7 Å². The number of nitrogens with zero attached hydrogens (tertiary/aromatic N) is 1. The van der Waals surface area contributed by atoms with Crippen molar-refractivity contribution in [1.29, 1.82) is 5.26 Å². The van der Waals surface area contributed by atoms with Crippen molar-refractivity contribution in [3.63, 3.8) is 0 Å². The fourth-order valence-electron chi connectivity index (χ4n) is 2.88. The summed E-state index contributed by atoms with van der Waals surface area (Å²) in [4.78, 5) is 12.7. The van der Waals surface area contributed by atoms with Crippen LogP contribution in [0.3, 0.4) is 0 Å². The second-order valence-electron chi connectivity index (χ2n) is 5.59. The van der Waals surface area contributed by atoms with E-state index in [2.05, 4.69) is 5.32 Å². The number of rotatable bonds is 3. The van der Waals surface area contributed by atoms with Gasteiger partial charge in [0.2, 0.25) is 5.91 Å². The molecule has 1 fully saturated rings. The molecular weight excluding hydrogens is 279 g/mol. The van der Waals surface area contributed by atoms with E-state index in [9.17, 15) is 9.18 Å². The maximum atomic E-state index is 13.5. The molecule has 0 bridgehead atoms. The largest absolute Gasteiger partial charge is 0.325 e. The fourth-order valence-corrected chi connectivity index (χ4v) is 2.88. The van der Waals surface area contributed by atoms with E-state index in [4.69, 9.17) is 5.26 Å². The third-order valence-corrected chi connectivity index (χ3v) is 4.27. The number of carbonyl (C=O) groups excluding carboxylic acids is 1. The zero-order valence-corrected chi connectivity index (χ0v) is 12.0. The molecule has 3 nitrogen and oxygen atoms in total. The van der Waals surface area contributed by atoms with Crippen LogP contribution >= 0.6 is 0 Å². The Morgan fingerprint density at radius 1 is 1.18 bits per heavy atom. The van der Waals surface area contributed by atoms with Crippen molar-refractivity contribution in [1.82, 2.24) is 0 Å². The molecule has 1 aliphatic carbocycles. The van der Waals surface area contributed by atoms with Crippen molar-refractivity contribution >= 4 is 11.6 Å². The molecule has 1 N–H and O–H groups in total. The second kappa shape index (κ2) is 5.61. The standard InChI is InChI=1S/C18H15FN2O/c19-15-6-2-5-14(11-15)18(8-3-9-18)17(22)21-16-7-1-4-13(10-16)12-20/h1-2,4-7,10-11H,3,8-9H2,(H,21,22). The number of hydrogen-bond acceptors (Lipinski definition) is 2. The van der Waals surface area contributed by atoms with Gasteiger partial charge in [0, 0.05) is 5.69 Å². The Bertz CT molecular complexity index is 760. The lowest BCUT2D eigenvalue weighted by Gasteiger charge is -2.40. The Morgan fingerprint density at radius 2 is 1.95 bits per heavy atom. The maximum Gasteiger partial charge on any atom is 0.235 e. The van der Waals surface area contributed by atoms with Crippen molar-refractivity contribution in [3.8, 4) is 6.07 Å². The van der Waals surface area contributed by atoms with Crippen LogP contribution in [0.5, 0.6) is 0 Å². The summed E-state index contributed by atoms with van der Waals surface area (Å²) in [7, 11) is 0. The zero-order chi connectivity index (χ0) is 15.6. The normalized spacial score (nSPS) is 15.5. The van der Waals surface area contributed by atoms with Crippen LogP contribution in [0.2, 0.25) is 0 Å². The number of benzene rings is 2. The number of anilines is 1. The maximum absolute atomic E-state index is 13.5. The van der Waals surface area contributed by atoms with Gasteiger partial charge in [-0.2, -0.15) is 5.26 Å². The van der Waals surface area contributed by atoms with Gasteiger partial charge < -0.3 is 5.32 Å². The third-order valence-electron chi connectivity index (χ3n) is 4.27. The van der Waals surface area contributed by atoms with Crippen LogP contribution in [0.4, 0.5) is 10.1 Å². The number of hydrogen-bond donors (Lipinski definition) is 1. The van der Waals surface area contributed by atoms with Crippen molar-refractivity contribution in [3.05, 3.63) is 65.5 Å². The number of carbonyl (C=O) groups is 1. The van der Waals surface area contributed by atoms with Gasteiger partial charge in [0.15, 0.2) is 0 Å². The van der Waals surface area contributed by atoms with Crippen LogP contribution < -0.4 is 5.32 Å². The summed E-state index contributed by atoms with van der Waals surface area (Å²) in [5, 5.41) is 11.8. The Kier molecular flexibility index (Phi) is 3.64. The first-order valence-corrected chi connectivity index (χ1v) is 7.22. The molecule has 4 heteroatoms. The van der Waals surface area contributed by atoms with Crippen LogP contribution in [0.1, 0.15) is 30.4 Å². The second-order valence-corrected chi connectivity index (χ2v) is 5.59. The Morgan fingerprint density at radius 3 is 2.59 bits per heavy atom. The van der Waals surface area contributed by atoms with Crippen LogP contribution in [-0.4, -0.2) is 5.91 Å². The van der Waals surface area contributed by atoms with Crippen LogP contribution in [0, 0.1) is 17.1 Å². The highest BCUT2D eigenvalue weighted by Gasteiger charge is 2.45. The van der Waals surface area contributed by atoms with E-state index in [0.717, 1.165) is 6.42 Å². The minimum Gasteiger partial charge on any atom is -0.325 e. The van der Waals surface area contributed by atoms with E-state index < -0.39 is 5.41 Å². The molecule has 3 rings (SSSR count). The van der Waals surface area contributed by atoms with Crippen molar-refractivity contribution in [2.24, 2.45) is 0 Å². The van der Waals surface area contributed by atoms with Gasteiger partial charge in [-0.25, -0.2) is 4.39 Å². The first-order chi connectivity index (χ1) is 10.6. The van der Waals surface area contributed by atoms with E-state index in [0.29, 0.717) is 29.7 Å². The van der Waals surface area contributed by atoms with Crippen LogP contribution in [0.25, 0.3) is 0 Å². The Labute approximate surface area is 128 Å². The van der Waals surface area contributed by atoms with Gasteiger partial charge in [0.05, 0.1) is 17.0 Å². The summed E-state index contributed by atoms with van der Waals surface area (Å²) in [6.07, 6.45) is 2.36. The number of nitriles is 1. The molecule has 0 atom stereocenters. The number of amides is 1. The lowest BCUT2D eigenvalue weighted by Crippen LogP contribution is -2.46. The highest BCUT2D eigenvalue weighted by Crippen LogP contribution is 2.44. The summed E-state index contributed by atoms with van der Waals surface area (Å²) >= 11 is 0. The monoisotopic (exact) mass is 294 g/mol. The summed E-state index contributed by atoms with van der Waals surface area (Å²) < 4.78 is 13.5. The minimum atomic E-state index is -0.662. The topological polar surface area (TPSA) is 52.9 Å². The van der Waals surface area contributed by atoms with E-state index in [-0.39, 0.29) is 11.7 Å². The predicted octanol–water partition coefficient (Wildman–Crippen LogP) is 3.76. The van der Waals surface area contributed by atoms with Gasteiger partial charge in [-0.15, -0.1) is 0 Å². The van der Waals surface area contributed by atoms with E-state index in [1.54, 1.807) is 36.4 Å². The molecule has 2 aromatic carbocycles. The highest BCUT2D eigenvalue weighted by molar-refractivity contribution is 6.00. The van der Waals surface area contributed by atoms with Crippen LogP contribution in [-0.2, 0) is 10.2 Å². The molecule has 110 valence electrons. The molecule has 1 amide bonds. The Hall–Kier alpha value is -2.67. The SMILES string of the molecule is N#Cc1cccc(NC(=O)C2(c3cccc(F)c3)CCC2)c1. The van der Waals surface area contributed by atoms with Crippen molar-refractivity contribution in [2.45, 2.75) is 24.7 Å². The molecule has 0 spiro atoms. The van der Waals surface area contributed by atoms with E-state index >= 15 is 0 Å². The van der Waals surface area contributed by atoms with Crippen molar-refractivity contribution < 1.29 is 9.18 Å². The summed E-state index contributed by atoms with van der Waals surface area (Å²) in [5.74, 6) is -0.470. The summed E-state index contributed by atoms with van der Waals surface area (Å²) in [6.45, 7) is 0. The van der Waals surface area contributed by atoms with E-state index in [1.807, 2.05) is 6.07 Å². The third kappa shape index (κ3) is 2.46. The highest BCUT2D eigenvalue weighted by atomic mass is 19.1. The average molecular weight is 294 g/mol. The minimum absolute atomic E-state index is 0.139. The van der Waals surface area contributed by atoms with Crippen LogP contribution in [0.15, 0.2) is 48.5 Å². The molecule has 0 aliphatic heterocycles. The lowest BCUT2D eigenvalue weighted by atomic mass is 9.63. The molecule has 1 aliphatic rings. The molecule has 2 aromatic rings. The molecule has 0 aromatic heterocycles. The summed E-state index contributed by atoms with van der Waals surface area (Å²) in [6, 6.07) is 15.1. The van der Waals surface area contributed by atoms with Gasteiger partial charge in [-0.1, -0.05) is 24.6 Å². The zero-order valence-electron chi connectivity index (χ0n) is 12.0. The first-order valence-electron chi connectivity index (χ1n) is 7.22. The first kappa shape index (κ1) is 14.3. The predicted molar refractivity (Wildman–Crippen MR) is 81.7 cm³/mol. The van der Waals surface area contributed by atoms with Gasteiger partial charge in [-0.3, -0.25) is 4.79 Å². The molecule has 0 radical (unpaired) electrons. The smallest absolute Gasteiger partial charge is 0.235 e. The molecule has 1 saturated carbocycles. The number of halogens is 1. The lowest BCUT2D eigenvalue weighted by molar-refractivity contribution is -0.124. The fraction of sp³-hybridized carbons (Fsp3) is 0.222. The van der Waals surface area contributed by atoms with Crippen molar-refractivity contribution in [2.75, 3.05) is 5.32 Å². The quantitative estimate of drug-likeness (QED) is 0.937. The molecule has 0 saturated heterocycles. The van der Waals surface area contributed by atoms with Gasteiger partial charge in [0.25, 0.3) is 0 Å². The van der Waals surface area contributed by atoms with Gasteiger partial charge >= 0.3 is 0 Å². The molecule has 0 unspecified atom stereocenters.